The minimum atomic E-state index is -0.914. The highest BCUT2D eigenvalue weighted by molar-refractivity contribution is 5.88. The Balaban J connectivity index is 3.00. The fourth-order valence-corrected chi connectivity index (χ4v) is 1.66. The number of hydrogen-bond acceptors (Lipinski definition) is 5. The van der Waals surface area contributed by atoms with E-state index in [1.54, 1.807) is 51.1 Å². The quantitative estimate of drug-likeness (QED) is 0.679. The number of esters is 2. The molecule has 0 fully saturated rings. The van der Waals surface area contributed by atoms with Crippen molar-refractivity contribution in [2.75, 3.05) is 7.11 Å². The summed E-state index contributed by atoms with van der Waals surface area (Å²) in [5, 5.41) is 0. The first-order chi connectivity index (χ1) is 9.74. The molecular formula is C16H21NO4. The smallest absolute Gasteiger partial charge is 0.330 e. The van der Waals surface area contributed by atoms with Gasteiger partial charge in [0.1, 0.15) is 11.6 Å². The molecule has 0 radical (unpaired) electrons. The fraction of sp³-hybridized carbons (Fsp3) is 0.375. The predicted octanol–water partition coefficient (Wildman–Crippen LogP) is 2.21. The molecule has 5 heteroatoms. The van der Waals surface area contributed by atoms with E-state index in [9.17, 15) is 9.59 Å². The van der Waals surface area contributed by atoms with Crippen LogP contribution in [0.4, 0.5) is 0 Å². The van der Waals surface area contributed by atoms with Gasteiger partial charge in [0.15, 0.2) is 0 Å². The normalized spacial score (nSPS) is 13.0. The van der Waals surface area contributed by atoms with Crippen molar-refractivity contribution in [1.29, 1.82) is 0 Å². The molecule has 5 nitrogen and oxygen atoms in total. The summed E-state index contributed by atoms with van der Waals surface area (Å²) in [6.45, 7) is 5.34. The summed E-state index contributed by atoms with van der Waals surface area (Å²) in [4.78, 5) is 23.2. The SMILES string of the molecule is COC(=O)/C=C/c1ccccc1C(N)C(=O)OC(C)(C)C. The molecule has 1 atom stereocenters. The van der Waals surface area contributed by atoms with E-state index in [1.165, 1.54) is 13.2 Å². The van der Waals surface area contributed by atoms with Crippen LogP contribution in [0.15, 0.2) is 30.3 Å². The highest BCUT2D eigenvalue weighted by Gasteiger charge is 2.24. The second-order valence-corrected chi connectivity index (χ2v) is 5.50. The van der Waals surface area contributed by atoms with Crippen molar-refractivity contribution in [3.8, 4) is 0 Å². The number of methoxy groups -OCH3 is 1. The minimum Gasteiger partial charge on any atom is -0.466 e. The molecule has 0 aromatic heterocycles. The summed E-state index contributed by atoms with van der Waals surface area (Å²) in [5.74, 6) is -0.989. The molecule has 0 amide bonds. The van der Waals surface area contributed by atoms with Crippen LogP contribution in [0.25, 0.3) is 6.08 Å². The first kappa shape index (κ1) is 16.9. The minimum absolute atomic E-state index is 0.476. The molecule has 0 saturated carbocycles. The maximum Gasteiger partial charge on any atom is 0.330 e. The first-order valence-electron chi connectivity index (χ1n) is 6.58. The summed E-state index contributed by atoms with van der Waals surface area (Å²) in [7, 11) is 1.30. The van der Waals surface area contributed by atoms with E-state index < -0.39 is 23.6 Å². The van der Waals surface area contributed by atoms with Gasteiger partial charge < -0.3 is 15.2 Å². The lowest BCUT2D eigenvalue weighted by Gasteiger charge is -2.23. The summed E-state index contributed by atoms with van der Waals surface area (Å²) < 4.78 is 9.81. The Morgan fingerprint density at radius 1 is 1.24 bits per heavy atom. The van der Waals surface area contributed by atoms with Crippen LogP contribution < -0.4 is 5.73 Å². The second-order valence-electron chi connectivity index (χ2n) is 5.50. The number of benzene rings is 1. The van der Waals surface area contributed by atoms with Crippen molar-refractivity contribution in [1.82, 2.24) is 0 Å². The molecule has 114 valence electrons. The molecular weight excluding hydrogens is 270 g/mol. The monoisotopic (exact) mass is 291 g/mol. The van der Waals surface area contributed by atoms with Crippen LogP contribution >= 0.6 is 0 Å². The van der Waals surface area contributed by atoms with Crippen LogP contribution in [0, 0.1) is 0 Å². The zero-order valence-corrected chi connectivity index (χ0v) is 12.8. The van der Waals surface area contributed by atoms with Gasteiger partial charge in [0.2, 0.25) is 0 Å². The number of rotatable bonds is 4. The number of carbonyl (C=O) groups excluding carboxylic acids is 2. The van der Waals surface area contributed by atoms with Gasteiger partial charge in [0.25, 0.3) is 0 Å². The van der Waals surface area contributed by atoms with E-state index >= 15 is 0 Å². The lowest BCUT2D eigenvalue weighted by molar-refractivity contribution is -0.156. The van der Waals surface area contributed by atoms with Gasteiger partial charge in [-0.1, -0.05) is 24.3 Å². The summed E-state index contributed by atoms with van der Waals surface area (Å²) in [6.07, 6.45) is 2.84. The van der Waals surface area contributed by atoms with Crippen LogP contribution in [0.2, 0.25) is 0 Å². The van der Waals surface area contributed by atoms with Crippen molar-refractivity contribution in [2.45, 2.75) is 32.4 Å². The topological polar surface area (TPSA) is 78.6 Å². The van der Waals surface area contributed by atoms with Crippen molar-refractivity contribution in [2.24, 2.45) is 5.73 Å². The molecule has 0 aliphatic rings. The molecule has 1 unspecified atom stereocenters. The summed E-state index contributed by atoms with van der Waals surface area (Å²) in [5.41, 5.74) is 6.61. The molecule has 2 N–H and O–H groups in total. The van der Waals surface area contributed by atoms with Crippen molar-refractivity contribution >= 4 is 18.0 Å². The third-order valence-corrected chi connectivity index (χ3v) is 2.59. The molecule has 0 spiro atoms. The van der Waals surface area contributed by atoms with Crippen molar-refractivity contribution in [3.63, 3.8) is 0 Å². The third-order valence-electron chi connectivity index (χ3n) is 2.59. The Labute approximate surface area is 124 Å². The van der Waals surface area contributed by atoms with Crippen LogP contribution in [-0.2, 0) is 19.1 Å². The number of ether oxygens (including phenoxy) is 2. The van der Waals surface area contributed by atoms with Gasteiger partial charge >= 0.3 is 11.9 Å². The van der Waals surface area contributed by atoms with Crippen LogP contribution in [-0.4, -0.2) is 24.6 Å². The molecule has 0 bridgehead atoms. The lowest BCUT2D eigenvalue weighted by atomic mass is 10.0. The molecule has 0 aliphatic heterocycles. The first-order valence-corrected chi connectivity index (χ1v) is 6.58. The Kier molecular flexibility index (Phi) is 5.67. The highest BCUT2D eigenvalue weighted by atomic mass is 16.6. The largest absolute Gasteiger partial charge is 0.466 e. The lowest BCUT2D eigenvalue weighted by Crippen LogP contribution is -2.31. The Bertz CT molecular complexity index is 543. The predicted molar refractivity (Wildman–Crippen MR) is 80.3 cm³/mol. The van der Waals surface area contributed by atoms with Gasteiger partial charge in [0.05, 0.1) is 7.11 Å². The highest BCUT2D eigenvalue weighted by Crippen LogP contribution is 2.21. The van der Waals surface area contributed by atoms with Crippen molar-refractivity contribution in [3.05, 3.63) is 41.5 Å². The molecule has 0 heterocycles. The summed E-state index contributed by atoms with van der Waals surface area (Å²) in [6, 6.07) is 6.14. The van der Waals surface area contributed by atoms with Crippen molar-refractivity contribution < 1.29 is 19.1 Å². The number of hydrogen-bond donors (Lipinski definition) is 1. The Hall–Kier alpha value is -2.14. The van der Waals surface area contributed by atoms with Gasteiger partial charge in [-0.05, 0) is 38.0 Å². The fourth-order valence-electron chi connectivity index (χ4n) is 1.66. The van der Waals surface area contributed by atoms with E-state index in [0.29, 0.717) is 11.1 Å². The molecule has 1 aromatic carbocycles. The van der Waals surface area contributed by atoms with Gasteiger partial charge in [-0.25, -0.2) is 9.59 Å². The van der Waals surface area contributed by atoms with Crippen LogP contribution in [0.3, 0.4) is 0 Å². The second kappa shape index (κ2) is 7.04. The Morgan fingerprint density at radius 2 is 1.86 bits per heavy atom. The number of carbonyl (C=O) groups is 2. The zero-order chi connectivity index (χ0) is 16.0. The van der Waals surface area contributed by atoms with E-state index in [-0.39, 0.29) is 0 Å². The van der Waals surface area contributed by atoms with Gasteiger partial charge in [0, 0.05) is 6.08 Å². The molecule has 1 aromatic rings. The standard InChI is InChI=1S/C16H21NO4/c1-16(2,3)21-15(19)14(17)12-8-6-5-7-11(12)9-10-13(18)20-4/h5-10,14H,17H2,1-4H3/b10-9+. The molecule has 0 aliphatic carbocycles. The van der Waals surface area contributed by atoms with E-state index in [4.69, 9.17) is 10.5 Å². The summed E-state index contributed by atoms with van der Waals surface area (Å²) >= 11 is 0. The average Bonchev–Trinajstić information content (AvgIpc) is 2.42. The molecule has 21 heavy (non-hydrogen) atoms. The van der Waals surface area contributed by atoms with Gasteiger partial charge in [-0.2, -0.15) is 0 Å². The van der Waals surface area contributed by atoms with Crippen LogP contribution in [0.1, 0.15) is 37.9 Å². The van der Waals surface area contributed by atoms with Crippen LogP contribution in [0.5, 0.6) is 0 Å². The molecule has 0 saturated heterocycles. The number of nitrogens with two attached hydrogens (primary N) is 1. The zero-order valence-electron chi connectivity index (χ0n) is 12.8. The third kappa shape index (κ3) is 5.39. The average molecular weight is 291 g/mol. The van der Waals surface area contributed by atoms with Gasteiger partial charge in [-0.3, -0.25) is 0 Å². The maximum absolute atomic E-state index is 12.0. The van der Waals surface area contributed by atoms with Gasteiger partial charge in [-0.15, -0.1) is 0 Å². The van der Waals surface area contributed by atoms with E-state index in [0.717, 1.165) is 0 Å². The Morgan fingerprint density at radius 3 is 2.43 bits per heavy atom. The molecule has 1 rings (SSSR count). The van der Waals surface area contributed by atoms with E-state index in [1.807, 2.05) is 0 Å². The van der Waals surface area contributed by atoms with E-state index in [2.05, 4.69) is 4.74 Å². The maximum atomic E-state index is 12.0.